The Morgan fingerprint density at radius 2 is 0.881 bits per heavy atom. The van der Waals surface area contributed by atoms with Gasteiger partial charge in [0, 0.05) is 6.42 Å². The first-order valence-corrected chi connectivity index (χ1v) is 29.0. The average Bonchev–Trinajstić information content (AvgIpc) is 3.33. The normalized spacial score (nSPS) is 19.8. The van der Waals surface area contributed by atoms with Crippen LogP contribution in [-0.2, 0) is 14.3 Å². The van der Waals surface area contributed by atoms with E-state index >= 15 is 0 Å². The SMILES string of the molecule is CCCCCCCCCCC/C=C\C/C=C\CCCCCCCCCCCCCC(=O)NC(COC1OC(CO)C(O)C(O)C1O)C(O)CCCCCCCCCCCCCCCCCCC. The lowest BCUT2D eigenvalue weighted by atomic mass is 9.99. The molecule has 7 atom stereocenters. The van der Waals surface area contributed by atoms with Gasteiger partial charge < -0.3 is 40.3 Å². The lowest BCUT2D eigenvalue weighted by Gasteiger charge is -2.40. The molecule has 1 fully saturated rings. The van der Waals surface area contributed by atoms with Crippen LogP contribution >= 0.6 is 0 Å². The van der Waals surface area contributed by atoms with Gasteiger partial charge in [-0.1, -0.05) is 256 Å². The lowest BCUT2D eigenvalue weighted by Crippen LogP contribution is -2.60. The quantitative estimate of drug-likeness (QED) is 0.0261. The smallest absolute Gasteiger partial charge is 0.220 e. The van der Waals surface area contributed by atoms with Gasteiger partial charge in [0.2, 0.25) is 5.91 Å². The van der Waals surface area contributed by atoms with Crippen LogP contribution in [0.4, 0.5) is 0 Å². The number of unbranched alkanes of at least 4 members (excludes halogenated alkanes) is 36. The summed E-state index contributed by atoms with van der Waals surface area (Å²) >= 11 is 0. The number of nitrogens with one attached hydrogen (secondary N) is 1. The summed E-state index contributed by atoms with van der Waals surface area (Å²) in [6.07, 6.45) is 53.5. The summed E-state index contributed by atoms with van der Waals surface area (Å²) in [4.78, 5) is 13.1. The molecule has 0 saturated carbocycles. The number of hydrogen-bond donors (Lipinski definition) is 6. The van der Waals surface area contributed by atoms with E-state index in [9.17, 15) is 30.3 Å². The lowest BCUT2D eigenvalue weighted by molar-refractivity contribution is -0.302. The molecule has 1 aliphatic rings. The summed E-state index contributed by atoms with van der Waals surface area (Å²) in [6.45, 7) is 3.87. The van der Waals surface area contributed by atoms with Crippen molar-refractivity contribution >= 4 is 5.91 Å². The van der Waals surface area contributed by atoms with Crippen molar-refractivity contribution in [1.29, 1.82) is 0 Å². The maximum atomic E-state index is 13.1. The van der Waals surface area contributed by atoms with E-state index in [0.29, 0.717) is 12.8 Å². The molecular formula is C58H111NO8. The second kappa shape index (κ2) is 48.3. The van der Waals surface area contributed by atoms with E-state index in [2.05, 4.69) is 43.5 Å². The van der Waals surface area contributed by atoms with Gasteiger partial charge in [-0.15, -0.1) is 0 Å². The third kappa shape index (κ3) is 38.1. The number of amides is 1. The second-order valence-electron chi connectivity index (χ2n) is 20.4. The molecule has 9 heteroatoms. The number of rotatable bonds is 50. The first kappa shape index (κ1) is 63.7. The molecule has 1 rings (SSSR count). The van der Waals surface area contributed by atoms with Crippen LogP contribution in [0.1, 0.15) is 284 Å². The zero-order valence-corrected chi connectivity index (χ0v) is 43.9. The Balaban J connectivity index is 2.18. The fourth-order valence-electron chi connectivity index (χ4n) is 9.43. The zero-order valence-electron chi connectivity index (χ0n) is 43.9. The number of ether oxygens (including phenoxy) is 2. The molecule has 0 bridgehead atoms. The van der Waals surface area contributed by atoms with Crippen molar-refractivity contribution in [3.63, 3.8) is 0 Å². The van der Waals surface area contributed by atoms with Gasteiger partial charge in [-0.2, -0.15) is 0 Å². The molecule has 67 heavy (non-hydrogen) atoms. The topological polar surface area (TPSA) is 149 Å². The van der Waals surface area contributed by atoms with Crippen molar-refractivity contribution in [2.75, 3.05) is 13.2 Å². The van der Waals surface area contributed by atoms with E-state index in [0.717, 1.165) is 44.9 Å². The van der Waals surface area contributed by atoms with Crippen LogP contribution in [0.2, 0.25) is 0 Å². The standard InChI is InChI=1S/C58H111NO8/c1-3-5-7-9-11-13-15-17-19-21-22-23-24-25-26-27-28-29-30-32-34-36-38-40-42-44-46-48-54(62)59-51(50-66-58-57(65)56(64)55(63)53(49-60)67-58)52(61)47-45-43-41-39-37-35-33-31-20-18-16-14-12-10-8-6-4-2/h22-23,25-26,51-53,55-58,60-61,63-65H,3-21,24,27-50H2,1-2H3,(H,59,62)/b23-22-,26-25-. The number of hydrogen-bond acceptors (Lipinski definition) is 8. The molecule has 1 heterocycles. The van der Waals surface area contributed by atoms with E-state index in [1.165, 1.54) is 212 Å². The summed E-state index contributed by atoms with van der Waals surface area (Å²) in [5.74, 6) is -0.143. The van der Waals surface area contributed by atoms with Crippen molar-refractivity contribution in [2.45, 2.75) is 326 Å². The Morgan fingerprint density at radius 3 is 1.28 bits per heavy atom. The highest BCUT2D eigenvalue weighted by molar-refractivity contribution is 5.76. The van der Waals surface area contributed by atoms with Crippen LogP contribution in [0.3, 0.4) is 0 Å². The molecule has 0 spiro atoms. The number of aliphatic hydroxyl groups is 5. The van der Waals surface area contributed by atoms with Crippen LogP contribution < -0.4 is 5.32 Å². The minimum Gasteiger partial charge on any atom is -0.394 e. The van der Waals surface area contributed by atoms with Gasteiger partial charge in [-0.25, -0.2) is 0 Å². The summed E-state index contributed by atoms with van der Waals surface area (Å²) in [6, 6.07) is -0.719. The summed E-state index contributed by atoms with van der Waals surface area (Å²) < 4.78 is 11.3. The van der Waals surface area contributed by atoms with Crippen molar-refractivity contribution in [2.24, 2.45) is 0 Å². The highest BCUT2D eigenvalue weighted by atomic mass is 16.7. The highest BCUT2D eigenvalue weighted by Gasteiger charge is 2.44. The van der Waals surface area contributed by atoms with Crippen LogP contribution in [0.15, 0.2) is 24.3 Å². The van der Waals surface area contributed by atoms with E-state index in [1.807, 2.05) is 0 Å². The number of carbonyl (C=O) groups is 1. The van der Waals surface area contributed by atoms with E-state index in [4.69, 9.17) is 9.47 Å². The molecule has 6 N–H and O–H groups in total. The molecule has 1 saturated heterocycles. The van der Waals surface area contributed by atoms with Crippen molar-refractivity contribution in [1.82, 2.24) is 5.32 Å². The number of allylic oxidation sites excluding steroid dienone is 4. The minimum atomic E-state index is -1.55. The van der Waals surface area contributed by atoms with Crippen molar-refractivity contribution in [3.8, 4) is 0 Å². The first-order valence-electron chi connectivity index (χ1n) is 29.0. The molecule has 1 aliphatic heterocycles. The van der Waals surface area contributed by atoms with Crippen LogP contribution in [0.25, 0.3) is 0 Å². The Hall–Kier alpha value is -1.33. The molecule has 9 nitrogen and oxygen atoms in total. The summed E-state index contributed by atoms with van der Waals surface area (Å²) in [5.41, 5.74) is 0. The Bertz CT molecular complexity index is 1100. The maximum absolute atomic E-state index is 13.1. The predicted molar refractivity (Wildman–Crippen MR) is 281 cm³/mol. The van der Waals surface area contributed by atoms with Gasteiger partial charge in [0.15, 0.2) is 6.29 Å². The second-order valence-corrected chi connectivity index (χ2v) is 20.4. The van der Waals surface area contributed by atoms with Crippen LogP contribution in [-0.4, -0.2) is 87.5 Å². The molecule has 0 radical (unpaired) electrons. The van der Waals surface area contributed by atoms with Crippen molar-refractivity contribution in [3.05, 3.63) is 24.3 Å². The van der Waals surface area contributed by atoms with Gasteiger partial charge >= 0.3 is 0 Å². The fourth-order valence-corrected chi connectivity index (χ4v) is 9.43. The molecule has 0 aromatic rings. The number of carbonyl (C=O) groups excluding carboxylic acids is 1. The van der Waals surface area contributed by atoms with Crippen LogP contribution in [0, 0.1) is 0 Å². The Labute approximate surface area is 413 Å². The predicted octanol–water partition coefficient (Wildman–Crippen LogP) is 14.2. The Morgan fingerprint density at radius 1 is 0.507 bits per heavy atom. The first-order chi connectivity index (χ1) is 32.8. The molecule has 396 valence electrons. The van der Waals surface area contributed by atoms with Crippen LogP contribution in [0.5, 0.6) is 0 Å². The summed E-state index contributed by atoms with van der Waals surface area (Å²) in [7, 11) is 0. The van der Waals surface area contributed by atoms with E-state index in [1.54, 1.807) is 0 Å². The van der Waals surface area contributed by atoms with E-state index < -0.39 is 49.5 Å². The van der Waals surface area contributed by atoms with Gasteiger partial charge in [0.1, 0.15) is 24.4 Å². The third-order valence-electron chi connectivity index (χ3n) is 14.1. The molecule has 0 aromatic heterocycles. The summed E-state index contributed by atoms with van der Waals surface area (Å²) in [5, 5.41) is 54.7. The van der Waals surface area contributed by atoms with Gasteiger partial charge in [-0.05, 0) is 44.9 Å². The minimum absolute atomic E-state index is 0.136. The maximum Gasteiger partial charge on any atom is 0.220 e. The zero-order chi connectivity index (χ0) is 48.7. The Kier molecular flexibility index (Phi) is 45.9. The molecule has 0 aromatic carbocycles. The average molecular weight is 951 g/mol. The largest absolute Gasteiger partial charge is 0.394 e. The molecule has 1 amide bonds. The third-order valence-corrected chi connectivity index (χ3v) is 14.1. The van der Waals surface area contributed by atoms with Gasteiger partial charge in [0.25, 0.3) is 0 Å². The number of aliphatic hydroxyl groups excluding tert-OH is 5. The van der Waals surface area contributed by atoms with Gasteiger partial charge in [0.05, 0.1) is 25.4 Å². The monoisotopic (exact) mass is 950 g/mol. The fraction of sp³-hybridized carbons (Fsp3) is 0.914. The highest BCUT2D eigenvalue weighted by Crippen LogP contribution is 2.23. The molecule has 0 aliphatic carbocycles. The molecule has 7 unspecified atom stereocenters. The molecular weight excluding hydrogens is 839 g/mol. The van der Waals surface area contributed by atoms with Gasteiger partial charge in [-0.3, -0.25) is 4.79 Å². The van der Waals surface area contributed by atoms with Crippen molar-refractivity contribution < 1.29 is 39.8 Å². The van der Waals surface area contributed by atoms with E-state index in [-0.39, 0.29) is 12.5 Å².